The predicted octanol–water partition coefficient (Wildman–Crippen LogP) is 0.380. The number of carbonyl (C=O) groups excluding carboxylic acids is 1. The summed E-state index contributed by atoms with van der Waals surface area (Å²) in [5, 5.41) is 0. The minimum atomic E-state index is -0.0565. The van der Waals surface area contributed by atoms with Crippen molar-refractivity contribution in [3.05, 3.63) is 0 Å². The fourth-order valence-corrected chi connectivity index (χ4v) is 1.57. The molecule has 2 unspecified atom stereocenters. The highest BCUT2D eigenvalue weighted by Gasteiger charge is 2.22. The summed E-state index contributed by atoms with van der Waals surface area (Å²) in [6.45, 7) is 8.56. The van der Waals surface area contributed by atoms with Crippen molar-refractivity contribution in [2.24, 2.45) is 11.7 Å². The first-order valence-corrected chi connectivity index (χ1v) is 5.59. The van der Waals surface area contributed by atoms with Gasteiger partial charge in [0.15, 0.2) is 0 Å². The van der Waals surface area contributed by atoms with Crippen LogP contribution in [-0.2, 0) is 4.79 Å². The molecular weight excluding hydrogens is 190 g/mol. The first-order chi connectivity index (χ1) is 6.93. The Kier molecular flexibility index (Phi) is 6.52. The molecule has 4 nitrogen and oxygen atoms in total. The van der Waals surface area contributed by atoms with E-state index in [1.54, 1.807) is 19.0 Å². The third kappa shape index (κ3) is 4.62. The van der Waals surface area contributed by atoms with Gasteiger partial charge < -0.3 is 10.6 Å². The van der Waals surface area contributed by atoms with Crippen LogP contribution in [0.25, 0.3) is 0 Å². The molecule has 0 heterocycles. The second-order valence-corrected chi connectivity index (χ2v) is 4.34. The number of carbonyl (C=O) groups is 1. The van der Waals surface area contributed by atoms with Crippen LogP contribution in [0.3, 0.4) is 0 Å². The maximum Gasteiger partial charge on any atom is 0.239 e. The summed E-state index contributed by atoms with van der Waals surface area (Å²) in [6.07, 6.45) is 0. The van der Waals surface area contributed by atoms with Crippen LogP contribution in [0.5, 0.6) is 0 Å². The zero-order valence-corrected chi connectivity index (χ0v) is 10.7. The number of nitrogens with two attached hydrogens (primary N) is 1. The Balaban J connectivity index is 4.33. The van der Waals surface area contributed by atoms with Crippen molar-refractivity contribution < 1.29 is 4.79 Å². The molecule has 0 bridgehead atoms. The van der Waals surface area contributed by atoms with E-state index in [0.717, 1.165) is 13.1 Å². The van der Waals surface area contributed by atoms with E-state index in [2.05, 4.69) is 18.7 Å². The molecule has 4 heteroatoms. The van der Waals surface area contributed by atoms with Crippen molar-refractivity contribution in [1.29, 1.82) is 0 Å². The van der Waals surface area contributed by atoms with Crippen molar-refractivity contribution in [3.63, 3.8) is 0 Å². The van der Waals surface area contributed by atoms with E-state index < -0.39 is 0 Å². The zero-order chi connectivity index (χ0) is 12.0. The number of nitrogens with zero attached hydrogens (tertiary/aromatic N) is 2. The molecule has 0 aromatic carbocycles. The van der Waals surface area contributed by atoms with Crippen LogP contribution in [0.2, 0.25) is 0 Å². The second-order valence-electron chi connectivity index (χ2n) is 4.34. The van der Waals surface area contributed by atoms with Crippen LogP contribution in [0, 0.1) is 5.92 Å². The number of amides is 1. The highest BCUT2D eigenvalue weighted by Crippen LogP contribution is 2.05. The summed E-state index contributed by atoms with van der Waals surface area (Å²) in [4.78, 5) is 15.6. The number of hydrogen-bond donors (Lipinski definition) is 1. The first-order valence-electron chi connectivity index (χ1n) is 5.59. The molecule has 0 aliphatic heterocycles. The van der Waals surface area contributed by atoms with Crippen LogP contribution in [-0.4, -0.2) is 55.5 Å². The van der Waals surface area contributed by atoms with E-state index in [9.17, 15) is 4.79 Å². The fraction of sp³-hybridized carbons (Fsp3) is 0.909. The fourth-order valence-electron chi connectivity index (χ4n) is 1.57. The third-order valence-corrected chi connectivity index (χ3v) is 2.70. The van der Waals surface area contributed by atoms with Gasteiger partial charge in [-0.15, -0.1) is 0 Å². The minimum Gasteiger partial charge on any atom is -0.347 e. The standard InChI is InChI=1S/C11H25N3O/c1-6-14(8-9(2)7-12)10(3)11(15)13(4)5/h9-10H,6-8,12H2,1-5H3. The largest absolute Gasteiger partial charge is 0.347 e. The van der Waals surface area contributed by atoms with Gasteiger partial charge in [0.05, 0.1) is 6.04 Å². The molecule has 0 radical (unpaired) electrons. The molecule has 15 heavy (non-hydrogen) atoms. The summed E-state index contributed by atoms with van der Waals surface area (Å²) >= 11 is 0. The van der Waals surface area contributed by atoms with Crippen molar-refractivity contribution in [2.45, 2.75) is 26.8 Å². The lowest BCUT2D eigenvalue weighted by atomic mass is 10.1. The second kappa shape index (κ2) is 6.80. The average molecular weight is 215 g/mol. The molecule has 0 spiro atoms. The van der Waals surface area contributed by atoms with E-state index in [0.29, 0.717) is 12.5 Å². The SMILES string of the molecule is CCN(CC(C)CN)C(C)C(=O)N(C)C. The number of hydrogen-bond acceptors (Lipinski definition) is 3. The van der Waals surface area contributed by atoms with E-state index >= 15 is 0 Å². The number of rotatable bonds is 6. The lowest BCUT2D eigenvalue weighted by Crippen LogP contribution is -2.46. The maximum absolute atomic E-state index is 11.8. The van der Waals surface area contributed by atoms with Gasteiger partial charge in [-0.05, 0) is 25.9 Å². The Labute approximate surface area is 93.4 Å². The zero-order valence-electron chi connectivity index (χ0n) is 10.7. The summed E-state index contributed by atoms with van der Waals surface area (Å²) in [7, 11) is 3.58. The lowest BCUT2D eigenvalue weighted by Gasteiger charge is -2.30. The lowest BCUT2D eigenvalue weighted by molar-refractivity contribution is -0.133. The Bertz CT molecular complexity index is 194. The molecular formula is C11H25N3O. The molecule has 0 saturated carbocycles. The Morgan fingerprint density at radius 2 is 1.87 bits per heavy atom. The van der Waals surface area contributed by atoms with E-state index in [4.69, 9.17) is 5.73 Å². The summed E-state index contributed by atoms with van der Waals surface area (Å²) in [6, 6.07) is -0.0565. The van der Waals surface area contributed by atoms with Crippen molar-refractivity contribution >= 4 is 5.91 Å². The van der Waals surface area contributed by atoms with Gasteiger partial charge in [0.25, 0.3) is 0 Å². The van der Waals surface area contributed by atoms with Gasteiger partial charge in [-0.1, -0.05) is 13.8 Å². The highest BCUT2D eigenvalue weighted by atomic mass is 16.2. The van der Waals surface area contributed by atoms with E-state index in [1.807, 2.05) is 6.92 Å². The van der Waals surface area contributed by atoms with Crippen LogP contribution in [0.15, 0.2) is 0 Å². The third-order valence-electron chi connectivity index (χ3n) is 2.70. The van der Waals surface area contributed by atoms with Crippen molar-refractivity contribution in [3.8, 4) is 0 Å². The van der Waals surface area contributed by atoms with Gasteiger partial charge in [-0.25, -0.2) is 0 Å². The maximum atomic E-state index is 11.8. The van der Waals surface area contributed by atoms with Crippen LogP contribution >= 0.6 is 0 Å². The molecule has 1 amide bonds. The topological polar surface area (TPSA) is 49.6 Å². The van der Waals surface area contributed by atoms with Gasteiger partial charge in [0.1, 0.15) is 0 Å². The average Bonchev–Trinajstić information content (AvgIpc) is 2.23. The molecule has 0 rings (SSSR count). The first kappa shape index (κ1) is 14.4. The van der Waals surface area contributed by atoms with Crippen molar-refractivity contribution in [1.82, 2.24) is 9.80 Å². The van der Waals surface area contributed by atoms with Gasteiger partial charge in [-0.3, -0.25) is 9.69 Å². The predicted molar refractivity (Wildman–Crippen MR) is 63.6 cm³/mol. The molecule has 90 valence electrons. The Morgan fingerprint density at radius 3 is 2.20 bits per heavy atom. The summed E-state index contributed by atoms with van der Waals surface area (Å²) < 4.78 is 0. The summed E-state index contributed by atoms with van der Waals surface area (Å²) in [5.74, 6) is 0.587. The Hall–Kier alpha value is -0.610. The molecule has 0 aliphatic rings. The van der Waals surface area contributed by atoms with Crippen molar-refractivity contribution in [2.75, 3.05) is 33.7 Å². The smallest absolute Gasteiger partial charge is 0.239 e. The Morgan fingerprint density at radius 1 is 1.33 bits per heavy atom. The molecule has 2 atom stereocenters. The van der Waals surface area contributed by atoms with Crippen LogP contribution in [0.4, 0.5) is 0 Å². The van der Waals surface area contributed by atoms with Gasteiger partial charge in [0.2, 0.25) is 5.91 Å². The van der Waals surface area contributed by atoms with Gasteiger partial charge in [0, 0.05) is 20.6 Å². The summed E-state index contributed by atoms with van der Waals surface area (Å²) in [5.41, 5.74) is 5.59. The normalized spacial score (nSPS) is 15.1. The molecule has 0 aromatic rings. The molecule has 2 N–H and O–H groups in total. The van der Waals surface area contributed by atoms with Crippen LogP contribution < -0.4 is 5.73 Å². The van der Waals surface area contributed by atoms with E-state index in [1.165, 1.54) is 0 Å². The highest BCUT2D eigenvalue weighted by molar-refractivity contribution is 5.80. The van der Waals surface area contributed by atoms with Crippen LogP contribution in [0.1, 0.15) is 20.8 Å². The quantitative estimate of drug-likeness (QED) is 0.697. The number of likely N-dealkylation sites (N-methyl/N-ethyl adjacent to an activating group) is 2. The minimum absolute atomic E-state index is 0.0565. The molecule has 0 aromatic heterocycles. The molecule has 0 saturated heterocycles. The van der Waals surface area contributed by atoms with Gasteiger partial charge >= 0.3 is 0 Å². The molecule has 0 aliphatic carbocycles. The van der Waals surface area contributed by atoms with E-state index in [-0.39, 0.29) is 11.9 Å². The molecule has 0 fully saturated rings. The monoisotopic (exact) mass is 215 g/mol. The van der Waals surface area contributed by atoms with Gasteiger partial charge in [-0.2, -0.15) is 0 Å².